The fourth-order valence-electron chi connectivity index (χ4n) is 8.56. The van der Waals surface area contributed by atoms with Gasteiger partial charge in [-0.05, 0) is 134 Å². The van der Waals surface area contributed by atoms with E-state index in [1.165, 1.54) is 44.1 Å². The largest absolute Gasteiger partial charge is 0.491 e. The molecule has 0 N–H and O–H groups in total. The van der Waals surface area contributed by atoms with Gasteiger partial charge in [-0.1, -0.05) is 68.4 Å². The summed E-state index contributed by atoms with van der Waals surface area (Å²) in [6.07, 6.45) is 12.7. The zero-order valence-electron chi connectivity index (χ0n) is 39.8. The molecule has 0 saturated heterocycles. The third-order valence-corrected chi connectivity index (χ3v) is 12.5. The summed E-state index contributed by atoms with van der Waals surface area (Å²) in [7, 11) is 1.67. The molecular weight excluding hydrogens is 745 g/mol. The quantitative estimate of drug-likeness (QED) is 0.0704. The van der Waals surface area contributed by atoms with Crippen molar-refractivity contribution in [2.45, 2.75) is 132 Å². The van der Waals surface area contributed by atoms with Gasteiger partial charge in [-0.3, -0.25) is 0 Å². The number of rotatable bonds is 30. The minimum absolute atomic E-state index is 0.585. The van der Waals surface area contributed by atoms with Crippen molar-refractivity contribution >= 4 is 0 Å². The van der Waals surface area contributed by atoms with Gasteiger partial charge < -0.3 is 42.6 Å². The first-order valence-corrected chi connectivity index (χ1v) is 23.8. The predicted molar refractivity (Wildman–Crippen MR) is 242 cm³/mol. The molecule has 0 aliphatic heterocycles. The summed E-state index contributed by atoms with van der Waals surface area (Å²) in [4.78, 5) is 0. The van der Waals surface area contributed by atoms with E-state index in [9.17, 15) is 0 Å². The van der Waals surface area contributed by atoms with Gasteiger partial charge >= 0.3 is 0 Å². The second kappa shape index (κ2) is 33.3. The molecule has 4 rings (SSSR count). The highest BCUT2D eigenvalue weighted by atomic mass is 16.6. The van der Waals surface area contributed by atoms with Gasteiger partial charge in [0.05, 0.1) is 72.7 Å². The molecule has 2 fully saturated rings. The van der Waals surface area contributed by atoms with Gasteiger partial charge in [0.1, 0.15) is 12.4 Å². The lowest BCUT2D eigenvalue weighted by atomic mass is 9.54. The van der Waals surface area contributed by atoms with Gasteiger partial charge in [0, 0.05) is 33.5 Å². The third-order valence-electron chi connectivity index (χ3n) is 12.5. The summed E-state index contributed by atoms with van der Waals surface area (Å²) < 4.78 is 48.8. The molecule has 0 aromatic heterocycles. The highest BCUT2D eigenvalue weighted by molar-refractivity contribution is 5.40. The molecule has 1 aromatic carbocycles. The summed E-state index contributed by atoms with van der Waals surface area (Å²) in [5.74, 6) is 6.63. The smallest absolute Gasteiger partial charge is 0.119 e. The maximum Gasteiger partial charge on any atom is 0.119 e. The summed E-state index contributed by atoms with van der Waals surface area (Å²) in [6, 6.07) is 6.87. The van der Waals surface area contributed by atoms with E-state index in [4.69, 9.17) is 42.6 Å². The molecule has 0 spiro atoms. The first-order chi connectivity index (χ1) is 28.5. The lowest BCUT2D eigenvalue weighted by Gasteiger charge is -2.50. The van der Waals surface area contributed by atoms with Crippen LogP contribution in [0.25, 0.3) is 0 Å². The lowest BCUT2D eigenvalue weighted by Crippen LogP contribution is -2.41. The molecule has 0 unspecified atom stereocenters. The second-order valence-corrected chi connectivity index (χ2v) is 18.5. The average molecular weight is 837 g/mol. The molecule has 0 bridgehead atoms. The van der Waals surface area contributed by atoms with E-state index in [0.717, 1.165) is 107 Å². The van der Waals surface area contributed by atoms with Crippen LogP contribution in [0, 0.1) is 40.9 Å². The fraction of sp³-hybridized carbons (Fsp3) is 0.880. The molecule has 9 heteroatoms. The summed E-state index contributed by atoms with van der Waals surface area (Å²) in [5, 5.41) is 0. The van der Waals surface area contributed by atoms with Crippen molar-refractivity contribution in [2.24, 2.45) is 40.9 Å². The van der Waals surface area contributed by atoms with E-state index in [-0.39, 0.29) is 0 Å². The molecule has 5 atom stereocenters. The summed E-state index contributed by atoms with van der Waals surface area (Å²) in [5.41, 5.74) is 3.73. The monoisotopic (exact) mass is 837 g/mol. The first-order valence-electron chi connectivity index (χ1n) is 23.8. The van der Waals surface area contributed by atoms with E-state index >= 15 is 0 Å². The number of methoxy groups -OCH3 is 1. The Labute approximate surface area is 363 Å². The third kappa shape index (κ3) is 23.1. The van der Waals surface area contributed by atoms with Gasteiger partial charge in [-0.25, -0.2) is 0 Å². The minimum atomic E-state index is 0.585. The average Bonchev–Trinajstić information content (AvgIpc) is 3.52. The number of benzene rings is 1. The molecule has 9 nitrogen and oxygen atoms in total. The molecule has 1 aromatic rings. The summed E-state index contributed by atoms with van der Waals surface area (Å²) >= 11 is 0. The van der Waals surface area contributed by atoms with E-state index in [0.29, 0.717) is 77.4 Å². The van der Waals surface area contributed by atoms with Crippen LogP contribution in [0.1, 0.15) is 137 Å². The van der Waals surface area contributed by atoms with E-state index in [2.05, 4.69) is 80.5 Å². The van der Waals surface area contributed by atoms with E-state index < -0.39 is 0 Å². The van der Waals surface area contributed by atoms with Crippen LogP contribution in [0.15, 0.2) is 18.2 Å². The molecule has 0 heterocycles. The van der Waals surface area contributed by atoms with Crippen LogP contribution in [0.3, 0.4) is 0 Å². The van der Waals surface area contributed by atoms with Crippen LogP contribution in [0.4, 0.5) is 0 Å². The normalized spacial score (nSPS) is 22.1. The Hall–Kier alpha value is -1.30. The van der Waals surface area contributed by atoms with Crippen molar-refractivity contribution in [1.82, 2.24) is 0 Å². The van der Waals surface area contributed by atoms with Crippen molar-refractivity contribution < 1.29 is 42.6 Å². The van der Waals surface area contributed by atoms with Crippen molar-refractivity contribution in [3.63, 3.8) is 0 Å². The highest BCUT2D eigenvalue weighted by Gasteiger charge is 2.53. The second-order valence-electron chi connectivity index (χ2n) is 18.5. The molecule has 0 amide bonds. The molecule has 3 aliphatic rings. The molecule has 2 saturated carbocycles. The standard InChI is InChI=1S/C30H48O4.C10H22O3.C10H22O2/c1-22(2)12-14-31-15-16-32-17-18-33-19-20-34-25-7-9-26-24(21-25)6-8-28-27(26)11-13-30(4)23(3)5-10-29(28)30;1-10(2)4-5-12-8-9-13-7-6-11-3;1-4-6-11-8-9-12-7-5-10(2)3/h7,9,21-23,27-29H,5-6,8,10-20H2,1-4H3;10H,4-9H2,1-3H3;10H,4-9H2,1-3H3/t23-,27+,28+,29-,30+;;/m0../s1. The molecule has 59 heavy (non-hydrogen) atoms. The van der Waals surface area contributed by atoms with Crippen LogP contribution in [0.5, 0.6) is 5.75 Å². The highest BCUT2D eigenvalue weighted by Crippen LogP contribution is 2.62. The zero-order chi connectivity index (χ0) is 43.1. The number of fused-ring (bicyclic) bond motifs is 5. The Bertz CT molecular complexity index is 1130. The Kier molecular flexibility index (Phi) is 30.4. The maximum absolute atomic E-state index is 6.01. The van der Waals surface area contributed by atoms with Crippen molar-refractivity contribution in [3.8, 4) is 5.75 Å². The SMILES string of the molecule is CC(C)CCOCCOCCOCCOc1ccc2c(c1)CC[C@@H]1[C@@H]2CC[C@]2(C)[C@@H](C)CC[C@@H]12.CCCOCCOCCC(C)C.COCCOCCOCCC(C)C. The number of hydrogen-bond donors (Lipinski definition) is 0. The number of ether oxygens (including phenoxy) is 9. The Balaban J connectivity index is 0.000000395. The van der Waals surface area contributed by atoms with Crippen molar-refractivity contribution in [1.29, 1.82) is 0 Å². The van der Waals surface area contributed by atoms with Gasteiger partial charge in [0.25, 0.3) is 0 Å². The van der Waals surface area contributed by atoms with Crippen LogP contribution >= 0.6 is 0 Å². The van der Waals surface area contributed by atoms with Gasteiger partial charge in [0.15, 0.2) is 0 Å². The first kappa shape index (κ1) is 53.8. The van der Waals surface area contributed by atoms with E-state index in [1.54, 1.807) is 12.7 Å². The Morgan fingerprint density at radius 1 is 0.576 bits per heavy atom. The Morgan fingerprint density at radius 3 is 1.54 bits per heavy atom. The maximum atomic E-state index is 6.01. The van der Waals surface area contributed by atoms with Gasteiger partial charge in [-0.2, -0.15) is 0 Å². The Morgan fingerprint density at radius 2 is 1.05 bits per heavy atom. The lowest BCUT2D eigenvalue weighted by molar-refractivity contribution is 0.00787. The number of aryl methyl sites for hydroxylation is 1. The van der Waals surface area contributed by atoms with Crippen molar-refractivity contribution in [3.05, 3.63) is 29.3 Å². The fourth-order valence-corrected chi connectivity index (χ4v) is 8.56. The number of hydrogen-bond acceptors (Lipinski definition) is 9. The van der Waals surface area contributed by atoms with Crippen LogP contribution < -0.4 is 4.74 Å². The summed E-state index contributed by atoms with van der Waals surface area (Å²) in [6.45, 7) is 31.6. The minimum Gasteiger partial charge on any atom is -0.491 e. The van der Waals surface area contributed by atoms with Crippen LogP contribution in [-0.4, -0.2) is 113 Å². The molecule has 0 radical (unpaired) electrons. The topological polar surface area (TPSA) is 83.1 Å². The van der Waals surface area contributed by atoms with Crippen molar-refractivity contribution in [2.75, 3.05) is 113 Å². The van der Waals surface area contributed by atoms with Gasteiger partial charge in [0.2, 0.25) is 0 Å². The predicted octanol–water partition coefficient (Wildman–Crippen LogP) is 10.8. The molecule has 346 valence electrons. The molecule has 3 aliphatic carbocycles. The molecular formula is C50H92O9. The van der Waals surface area contributed by atoms with Crippen LogP contribution in [0.2, 0.25) is 0 Å². The van der Waals surface area contributed by atoms with Crippen LogP contribution in [-0.2, 0) is 44.3 Å². The zero-order valence-corrected chi connectivity index (χ0v) is 39.8. The van der Waals surface area contributed by atoms with Gasteiger partial charge in [-0.15, -0.1) is 0 Å². The van der Waals surface area contributed by atoms with E-state index in [1.807, 2.05) is 0 Å².